The van der Waals surface area contributed by atoms with Crippen LogP contribution in [-0.2, 0) is 16.1 Å². The van der Waals surface area contributed by atoms with Crippen LogP contribution in [0.15, 0.2) is 54.6 Å². The number of nitrogens with zero attached hydrogens (tertiary/aromatic N) is 3. The SMILES string of the molecule is NC(=O)c1nn(CC(=O)N2[C@@H]3C[C@@H]3C[C@H]2C(=O)CC2CCCC(c3ccccc3)C2)c2ccccc12. The quantitative estimate of drug-likeness (QED) is 0.547. The summed E-state index contributed by atoms with van der Waals surface area (Å²) in [6.07, 6.45) is 6.74. The number of fused-ring (bicyclic) bond motifs is 2. The number of carbonyl (C=O) groups is 3. The van der Waals surface area contributed by atoms with Crippen molar-refractivity contribution < 1.29 is 14.4 Å². The number of nitrogens with two attached hydrogens (primary N) is 1. The van der Waals surface area contributed by atoms with E-state index in [1.807, 2.05) is 29.2 Å². The zero-order chi connectivity index (χ0) is 24.8. The predicted molar refractivity (Wildman–Crippen MR) is 136 cm³/mol. The monoisotopic (exact) mass is 484 g/mol. The molecule has 0 spiro atoms. The standard InChI is InChI=1S/C29H32N4O3/c30-29(36)28-22-11-4-5-12-23(22)32(31-28)17-27(35)33-24-15-21(24)16-25(33)26(34)14-18-7-6-10-20(13-18)19-8-2-1-3-9-19/h1-5,8-9,11-12,18,20-21,24-25H,6-7,10,13-17H2,(H2,30,36)/t18?,20?,21-,24-,25+/m1/s1. The molecule has 6 rings (SSSR count). The summed E-state index contributed by atoms with van der Waals surface area (Å²) in [5.74, 6) is 0.807. The smallest absolute Gasteiger partial charge is 0.269 e. The number of ketones is 1. The minimum atomic E-state index is -0.616. The van der Waals surface area contributed by atoms with Crippen LogP contribution in [0, 0.1) is 11.8 Å². The van der Waals surface area contributed by atoms with Gasteiger partial charge in [-0.25, -0.2) is 0 Å². The largest absolute Gasteiger partial charge is 0.364 e. The molecule has 0 bridgehead atoms. The minimum absolute atomic E-state index is 0.000301. The summed E-state index contributed by atoms with van der Waals surface area (Å²) in [6.45, 7) is 0.000301. The highest BCUT2D eigenvalue weighted by Crippen LogP contribution is 2.49. The van der Waals surface area contributed by atoms with E-state index < -0.39 is 5.91 Å². The van der Waals surface area contributed by atoms with Gasteiger partial charge in [-0.15, -0.1) is 0 Å². The third-order valence-electron chi connectivity index (χ3n) is 8.48. The number of carbonyl (C=O) groups excluding carboxylic acids is 3. The van der Waals surface area contributed by atoms with Crippen molar-refractivity contribution in [3.8, 4) is 0 Å². The predicted octanol–water partition coefficient (Wildman–Crippen LogP) is 4.06. The molecule has 2 heterocycles. The first-order chi connectivity index (χ1) is 17.5. The summed E-state index contributed by atoms with van der Waals surface area (Å²) in [6, 6.07) is 17.7. The molecule has 2 N–H and O–H groups in total. The summed E-state index contributed by atoms with van der Waals surface area (Å²) >= 11 is 0. The normalized spacial score (nSPS) is 27.1. The van der Waals surface area contributed by atoms with Crippen LogP contribution in [0.1, 0.15) is 66.9 Å². The van der Waals surface area contributed by atoms with Crippen LogP contribution in [0.5, 0.6) is 0 Å². The summed E-state index contributed by atoms with van der Waals surface area (Å²) in [7, 11) is 0. The second-order valence-corrected chi connectivity index (χ2v) is 10.8. The molecule has 186 valence electrons. The maximum atomic E-state index is 13.5. The molecule has 7 nitrogen and oxygen atoms in total. The molecule has 2 aromatic carbocycles. The first-order valence-electron chi connectivity index (χ1n) is 13.1. The lowest BCUT2D eigenvalue weighted by Crippen LogP contribution is -2.45. The van der Waals surface area contributed by atoms with Gasteiger partial charge in [0.05, 0.1) is 11.6 Å². The Morgan fingerprint density at radius 3 is 2.53 bits per heavy atom. The Balaban J connectivity index is 1.16. The Morgan fingerprint density at radius 2 is 1.72 bits per heavy atom. The molecule has 1 aliphatic heterocycles. The van der Waals surface area contributed by atoms with Gasteiger partial charge in [-0.1, -0.05) is 55.0 Å². The van der Waals surface area contributed by atoms with Crippen LogP contribution in [0.25, 0.3) is 10.9 Å². The molecule has 1 saturated heterocycles. The van der Waals surface area contributed by atoms with Gasteiger partial charge in [0.1, 0.15) is 6.54 Å². The lowest BCUT2D eigenvalue weighted by Gasteiger charge is -2.32. The van der Waals surface area contributed by atoms with E-state index in [0.717, 1.165) is 32.1 Å². The zero-order valence-electron chi connectivity index (χ0n) is 20.4. The van der Waals surface area contributed by atoms with Gasteiger partial charge in [0.15, 0.2) is 11.5 Å². The van der Waals surface area contributed by atoms with E-state index in [1.165, 1.54) is 12.0 Å². The van der Waals surface area contributed by atoms with Crippen LogP contribution in [0.4, 0.5) is 0 Å². The van der Waals surface area contributed by atoms with Crippen molar-refractivity contribution in [1.29, 1.82) is 0 Å². The summed E-state index contributed by atoms with van der Waals surface area (Å²) in [5, 5.41) is 4.99. The van der Waals surface area contributed by atoms with Gasteiger partial charge >= 0.3 is 0 Å². The van der Waals surface area contributed by atoms with Crippen molar-refractivity contribution in [2.75, 3.05) is 0 Å². The molecular weight excluding hydrogens is 452 g/mol. The molecule has 1 aromatic heterocycles. The van der Waals surface area contributed by atoms with E-state index in [9.17, 15) is 14.4 Å². The average Bonchev–Trinajstić information content (AvgIpc) is 3.39. The van der Waals surface area contributed by atoms with Crippen molar-refractivity contribution in [1.82, 2.24) is 14.7 Å². The van der Waals surface area contributed by atoms with Gasteiger partial charge in [0, 0.05) is 17.8 Å². The highest BCUT2D eigenvalue weighted by Gasteiger charge is 2.55. The van der Waals surface area contributed by atoms with Crippen molar-refractivity contribution in [2.45, 2.75) is 69.5 Å². The van der Waals surface area contributed by atoms with Crippen molar-refractivity contribution in [3.05, 3.63) is 65.9 Å². The van der Waals surface area contributed by atoms with Gasteiger partial charge in [-0.2, -0.15) is 5.10 Å². The van der Waals surface area contributed by atoms with Crippen molar-refractivity contribution in [2.24, 2.45) is 17.6 Å². The van der Waals surface area contributed by atoms with Crippen LogP contribution in [0.2, 0.25) is 0 Å². The maximum absolute atomic E-state index is 13.5. The second-order valence-electron chi connectivity index (χ2n) is 10.8. The fourth-order valence-corrected chi connectivity index (χ4v) is 6.67. The number of aromatic nitrogens is 2. The third-order valence-corrected chi connectivity index (χ3v) is 8.48. The topological polar surface area (TPSA) is 98.3 Å². The van der Waals surface area contributed by atoms with Gasteiger partial charge in [-0.3, -0.25) is 19.1 Å². The molecule has 36 heavy (non-hydrogen) atoms. The Bertz CT molecular complexity index is 1320. The number of Topliss-reactive ketones (excluding diaryl/α,β-unsaturated/α-hetero) is 1. The molecule has 2 saturated carbocycles. The number of piperidine rings is 1. The minimum Gasteiger partial charge on any atom is -0.364 e. The average molecular weight is 485 g/mol. The summed E-state index contributed by atoms with van der Waals surface area (Å²) < 4.78 is 1.56. The van der Waals surface area contributed by atoms with Crippen LogP contribution < -0.4 is 5.73 Å². The zero-order valence-corrected chi connectivity index (χ0v) is 20.4. The number of hydrogen-bond donors (Lipinski definition) is 1. The fraction of sp³-hybridized carbons (Fsp3) is 0.448. The van der Waals surface area contributed by atoms with Crippen LogP contribution in [-0.4, -0.2) is 44.4 Å². The highest BCUT2D eigenvalue weighted by molar-refractivity contribution is 6.04. The van der Waals surface area contributed by atoms with Gasteiger partial charge in [-0.05, 0) is 61.5 Å². The van der Waals surface area contributed by atoms with E-state index >= 15 is 0 Å². The number of hydrogen-bond acceptors (Lipinski definition) is 4. The maximum Gasteiger partial charge on any atom is 0.269 e. The number of likely N-dealkylation sites (tertiary alicyclic amines) is 1. The van der Waals surface area contributed by atoms with E-state index in [1.54, 1.807) is 10.7 Å². The summed E-state index contributed by atoms with van der Waals surface area (Å²) in [5.41, 5.74) is 7.75. The summed E-state index contributed by atoms with van der Waals surface area (Å²) in [4.78, 5) is 40.8. The lowest BCUT2D eigenvalue weighted by atomic mass is 9.75. The highest BCUT2D eigenvalue weighted by atomic mass is 16.2. The Kier molecular flexibility index (Phi) is 5.86. The third kappa shape index (κ3) is 4.21. The molecule has 0 radical (unpaired) electrons. The Morgan fingerprint density at radius 1 is 0.944 bits per heavy atom. The number of rotatable bonds is 7. The van der Waals surface area contributed by atoms with E-state index in [0.29, 0.717) is 35.1 Å². The molecule has 5 atom stereocenters. The molecule has 2 amide bonds. The first-order valence-corrected chi connectivity index (χ1v) is 13.1. The number of benzene rings is 2. The van der Waals surface area contributed by atoms with Crippen molar-refractivity contribution >= 4 is 28.5 Å². The molecule has 7 heteroatoms. The van der Waals surface area contributed by atoms with Gasteiger partial charge in [0.25, 0.3) is 5.91 Å². The van der Waals surface area contributed by atoms with Gasteiger partial charge < -0.3 is 10.6 Å². The van der Waals surface area contributed by atoms with Gasteiger partial charge in [0.2, 0.25) is 5.91 Å². The molecule has 2 aliphatic carbocycles. The van der Waals surface area contributed by atoms with Crippen molar-refractivity contribution in [3.63, 3.8) is 0 Å². The molecular formula is C29H32N4O3. The second kappa shape index (κ2) is 9.19. The molecule has 2 unspecified atom stereocenters. The first kappa shape index (κ1) is 23.0. The Hall–Kier alpha value is -3.48. The lowest BCUT2D eigenvalue weighted by molar-refractivity contribution is -0.140. The number of para-hydroxylation sites is 1. The number of primary amides is 1. The van der Waals surface area contributed by atoms with E-state index in [-0.39, 0.29) is 36.0 Å². The van der Waals surface area contributed by atoms with Crippen LogP contribution >= 0.6 is 0 Å². The Labute approximate surface area is 210 Å². The molecule has 3 fully saturated rings. The number of amides is 2. The van der Waals surface area contributed by atoms with E-state index in [2.05, 4.69) is 29.4 Å². The molecule has 3 aliphatic rings. The molecule has 3 aromatic rings. The fourth-order valence-electron chi connectivity index (χ4n) is 6.67. The van der Waals surface area contributed by atoms with E-state index in [4.69, 9.17) is 5.73 Å². The van der Waals surface area contributed by atoms with Crippen LogP contribution in [0.3, 0.4) is 0 Å².